The SMILES string of the molecule is CSc1cc(-n2cc3cc(-c4cc(CCC(F)(F)CN)cc(C)c4F)[nH]c3nc2=O)ccc1[C@@H]1CCC[C@@H](CCN=C(C)N)N1. The number of aryl methyl sites for hydroxylation is 2. The van der Waals surface area contributed by atoms with Crippen LogP contribution in [-0.4, -0.2) is 51.7 Å². The lowest BCUT2D eigenvalue weighted by molar-refractivity contribution is 0.00246. The third-order valence-corrected chi connectivity index (χ3v) is 9.18. The molecule has 0 spiro atoms. The first-order valence-corrected chi connectivity index (χ1v) is 16.4. The molecule has 2 aromatic heterocycles. The Labute approximate surface area is 264 Å². The molecule has 240 valence electrons. The summed E-state index contributed by atoms with van der Waals surface area (Å²) in [5, 5.41) is 4.39. The molecule has 12 heteroatoms. The Hall–Kier alpha value is -3.61. The number of nitrogens with zero attached hydrogens (tertiary/aromatic N) is 3. The number of rotatable bonds is 11. The summed E-state index contributed by atoms with van der Waals surface area (Å²) in [5.74, 6) is -2.86. The number of halogens is 3. The quantitative estimate of drug-likeness (QED) is 0.0903. The summed E-state index contributed by atoms with van der Waals surface area (Å²) in [6, 6.07) is 11.4. The van der Waals surface area contributed by atoms with Gasteiger partial charge in [0.15, 0.2) is 0 Å². The summed E-state index contributed by atoms with van der Waals surface area (Å²) < 4.78 is 44.3. The summed E-state index contributed by atoms with van der Waals surface area (Å²) >= 11 is 1.63. The number of nitrogens with one attached hydrogen (secondary N) is 2. The monoisotopic (exact) mass is 639 g/mol. The molecule has 2 aromatic carbocycles. The highest BCUT2D eigenvalue weighted by atomic mass is 32.2. The Balaban J connectivity index is 1.42. The van der Waals surface area contributed by atoms with Crippen molar-refractivity contribution in [2.75, 3.05) is 19.3 Å². The van der Waals surface area contributed by atoms with Gasteiger partial charge in [0.05, 0.1) is 23.8 Å². The van der Waals surface area contributed by atoms with Gasteiger partial charge in [0, 0.05) is 47.1 Å². The number of aliphatic imine (C=N–C) groups is 1. The van der Waals surface area contributed by atoms with E-state index in [0.29, 0.717) is 52.0 Å². The molecule has 0 aliphatic carbocycles. The maximum Gasteiger partial charge on any atom is 0.354 e. The van der Waals surface area contributed by atoms with Gasteiger partial charge in [-0.15, -0.1) is 11.8 Å². The molecular formula is C33H40F3N7OS. The molecule has 1 saturated heterocycles. The van der Waals surface area contributed by atoms with Gasteiger partial charge in [-0.25, -0.2) is 18.0 Å². The Kier molecular flexibility index (Phi) is 10.0. The van der Waals surface area contributed by atoms with Crippen molar-refractivity contribution in [2.24, 2.45) is 16.5 Å². The van der Waals surface area contributed by atoms with Crippen LogP contribution < -0.4 is 22.5 Å². The number of fused-ring (bicyclic) bond motifs is 1. The fourth-order valence-corrected chi connectivity index (χ4v) is 6.65. The summed E-state index contributed by atoms with van der Waals surface area (Å²) in [6.45, 7) is 3.36. The highest BCUT2D eigenvalue weighted by Gasteiger charge is 2.27. The maximum absolute atomic E-state index is 15.3. The van der Waals surface area contributed by atoms with Crippen molar-refractivity contribution >= 4 is 28.6 Å². The third-order valence-electron chi connectivity index (χ3n) is 8.38. The van der Waals surface area contributed by atoms with Gasteiger partial charge in [0.1, 0.15) is 11.5 Å². The molecule has 0 bridgehead atoms. The van der Waals surface area contributed by atoms with Crippen LogP contribution in [0.3, 0.4) is 0 Å². The predicted molar refractivity (Wildman–Crippen MR) is 176 cm³/mol. The van der Waals surface area contributed by atoms with E-state index in [1.165, 1.54) is 10.1 Å². The van der Waals surface area contributed by atoms with Crippen molar-refractivity contribution in [3.8, 4) is 16.9 Å². The number of nitrogens with two attached hydrogens (primary N) is 2. The van der Waals surface area contributed by atoms with Crippen molar-refractivity contribution in [2.45, 2.75) is 75.3 Å². The summed E-state index contributed by atoms with van der Waals surface area (Å²) in [7, 11) is 0. The molecule has 2 atom stereocenters. The number of hydrogen-bond acceptors (Lipinski definition) is 6. The molecule has 3 heterocycles. The van der Waals surface area contributed by atoms with Crippen LogP contribution in [0.1, 0.15) is 61.8 Å². The zero-order valence-corrected chi connectivity index (χ0v) is 26.6. The van der Waals surface area contributed by atoms with E-state index in [0.717, 1.165) is 30.6 Å². The third kappa shape index (κ3) is 7.62. The molecular weight excluding hydrogens is 599 g/mol. The number of hydrogen-bond donors (Lipinski definition) is 4. The molecule has 8 nitrogen and oxygen atoms in total. The second-order valence-electron chi connectivity index (χ2n) is 11.8. The van der Waals surface area contributed by atoms with Crippen molar-refractivity contribution in [3.63, 3.8) is 0 Å². The first kappa shape index (κ1) is 32.8. The molecule has 5 rings (SSSR count). The summed E-state index contributed by atoms with van der Waals surface area (Å²) in [6.07, 6.45) is 7.49. The lowest BCUT2D eigenvalue weighted by Crippen LogP contribution is -2.37. The average Bonchev–Trinajstić information content (AvgIpc) is 3.43. The van der Waals surface area contributed by atoms with Gasteiger partial charge in [-0.2, -0.15) is 4.98 Å². The van der Waals surface area contributed by atoms with Gasteiger partial charge >= 0.3 is 5.69 Å². The summed E-state index contributed by atoms with van der Waals surface area (Å²) in [4.78, 5) is 25.9. The van der Waals surface area contributed by atoms with Gasteiger partial charge in [-0.1, -0.05) is 18.6 Å². The largest absolute Gasteiger partial charge is 0.388 e. The number of aromatic amines is 1. The average molecular weight is 640 g/mol. The zero-order chi connectivity index (χ0) is 32.3. The second-order valence-corrected chi connectivity index (χ2v) is 12.6. The number of piperidine rings is 1. The molecule has 1 fully saturated rings. The Morgan fingerprint density at radius 2 is 2.02 bits per heavy atom. The van der Waals surface area contributed by atoms with Crippen LogP contribution >= 0.6 is 11.8 Å². The number of alkyl halides is 2. The molecule has 0 radical (unpaired) electrons. The minimum absolute atomic E-state index is 0.0504. The van der Waals surface area contributed by atoms with E-state index in [2.05, 4.69) is 26.3 Å². The Morgan fingerprint density at radius 3 is 2.76 bits per heavy atom. The number of amidine groups is 1. The zero-order valence-electron chi connectivity index (χ0n) is 25.8. The Morgan fingerprint density at radius 1 is 1.22 bits per heavy atom. The van der Waals surface area contributed by atoms with Crippen molar-refractivity contribution in [1.29, 1.82) is 0 Å². The topological polar surface area (TPSA) is 127 Å². The molecule has 0 unspecified atom stereocenters. The van der Waals surface area contributed by atoms with E-state index in [-0.39, 0.29) is 18.0 Å². The summed E-state index contributed by atoms with van der Waals surface area (Å²) in [5.41, 5.74) is 14.1. The van der Waals surface area contributed by atoms with Gasteiger partial charge in [-0.3, -0.25) is 9.56 Å². The van der Waals surface area contributed by atoms with Gasteiger partial charge in [-0.05, 0) is 86.7 Å². The lowest BCUT2D eigenvalue weighted by Gasteiger charge is -2.32. The van der Waals surface area contributed by atoms with Crippen LogP contribution in [0.25, 0.3) is 28.0 Å². The fourth-order valence-electron chi connectivity index (χ4n) is 5.97. The molecule has 45 heavy (non-hydrogen) atoms. The van der Waals surface area contributed by atoms with E-state index in [4.69, 9.17) is 11.5 Å². The van der Waals surface area contributed by atoms with Crippen LogP contribution in [-0.2, 0) is 6.42 Å². The number of benzene rings is 2. The maximum atomic E-state index is 15.3. The lowest BCUT2D eigenvalue weighted by atomic mass is 9.92. The smallest absolute Gasteiger partial charge is 0.354 e. The van der Waals surface area contributed by atoms with E-state index in [9.17, 15) is 13.6 Å². The van der Waals surface area contributed by atoms with Crippen LogP contribution in [0.2, 0.25) is 0 Å². The van der Waals surface area contributed by atoms with Crippen LogP contribution in [0.4, 0.5) is 13.2 Å². The van der Waals surface area contributed by atoms with Crippen molar-refractivity contribution in [1.82, 2.24) is 19.9 Å². The van der Waals surface area contributed by atoms with E-state index >= 15 is 4.39 Å². The first-order chi connectivity index (χ1) is 21.5. The van der Waals surface area contributed by atoms with Crippen LogP contribution in [0, 0.1) is 12.7 Å². The highest BCUT2D eigenvalue weighted by Crippen LogP contribution is 2.35. The standard InChI is InChI=1S/C33H40F3N7OS/c1-19-13-21(9-11-33(35,36)18-37)14-26(30(19)34)28-15-22-17-43(32(44)42-31(22)41-28)24-7-8-25(29(16-24)45-3)27-6-4-5-23(40-27)10-12-39-20(2)38/h7-8,13-17,23,27,40H,4-6,9-12,18,37H2,1-3H3,(H2,38,39)(H,41,42,44)/t23-,27-/m0/s1. The van der Waals surface area contributed by atoms with Crippen molar-refractivity contribution in [3.05, 3.63) is 75.6 Å². The predicted octanol–water partition coefficient (Wildman–Crippen LogP) is 6.03. The van der Waals surface area contributed by atoms with Crippen LogP contribution in [0.5, 0.6) is 0 Å². The fraction of sp³-hybridized carbons (Fsp3) is 0.424. The molecule has 0 saturated carbocycles. The molecule has 0 amide bonds. The Bertz CT molecular complexity index is 1760. The minimum atomic E-state index is -2.99. The number of aromatic nitrogens is 3. The first-order valence-electron chi connectivity index (χ1n) is 15.2. The number of H-pyrrole nitrogens is 1. The minimum Gasteiger partial charge on any atom is -0.388 e. The molecule has 1 aliphatic heterocycles. The van der Waals surface area contributed by atoms with Gasteiger partial charge in [0.2, 0.25) is 0 Å². The molecule has 6 N–H and O–H groups in total. The van der Waals surface area contributed by atoms with Gasteiger partial charge in [0.25, 0.3) is 5.92 Å². The number of thioether (sulfide) groups is 1. The molecule has 1 aliphatic rings. The van der Waals surface area contributed by atoms with E-state index in [1.807, 2.05) is 18.4 Å². The van der Waals surface area contributed by atoms with E-state index < -0.39 is 30.4 Å². The highest BCUT2D eigenvalue weighted by molar-refractivity contribution is 7.98. The normalized spacial score (nSPS) is 17.7. The van der Waals surface area contributed by atoms with Crippen LogP contribution in [0.15, 0.2) is 57.3 Å². The molecule has 4 aromatic rings. The van der Waals surface area contributed by atoms with Gasteiger partial charge < -0.3 is 21.8 Å². The van der Waals surface area contributed by atoms with E-state index in [1.54, 1.807) is 50.0 Å². The second kappa shape index (κ2) is 13.8. The van der Waals surface area contributed by atoms with Crippen molar-refractivity contribution < 1.29 is 13.2 Å².